The van der Waals surface area contributed by atoms with Crippen molar-refractivity contribution in [3.8, 4) is 11.3 Å². The SMILES string of the molecule is CNC(=O)c1c(-c2ccc(F)cc2)oc2cc(N(Cc3ccc(Br)c(C(F)(F)F)c3)[SH](=O)=O)c(C3CC3)cc12. The summed E-state index contributed by atoms with van der Waals surface area (Å²) in [5, 5.41) is 3.03. The quantitative estimate of drug-likeness (QED) is 0.175. The molecule has 0 radical (unpaired) electrons. The summed E-state index contributed by atoms with van der Waals surface area (Å²) < 4.78 is 85.8. The molecule has 1 saturated carbocycles. The third-order valence-electron chi connectivity index (χ3n) is 6.56. The number of thiol groups is 1. The van der Waals surface area contributed by atoms with Gasteiger partial charge in [0, 0.05) is 28.5 Å². The minimum Gasteiger partial charge on any atom is -0.455 e. The fraction of sp³-hybridized carbons (Fsp3) is 0.222. The van der Waals surface area contributed by atoms with Gasteiger partial charge in [-0.2, -0.15) is 13.2 Å². The molecule has 1 aromatic heterocycles. The molecule has 12 heteroatoms. The van der Waals surface area contributed by atoms with E-state index in [4.69, 9.17) is 4.42 Å². The van der Waals surface area contributed by atoms with Crippen LogP contribution < -0.4 is 9.62 Å². The number of nitrogens with one attached hydrogen (secondary N) is 1. The van der Waals surface area contributed by atoms with E-state index in [1.54, 1.807) is 6.07 Å². The number of hydrogen-bond donors (Lipinski definition) is 2. The van der Waals surface area contributed by atoms with Crippen LogP contribution in [0.3, 0.4) is 0 Å². The Morgan fingerprint density at radius 1 is 1.10 bits per heavy atom. The van der Waals surface area contributed by atoms with Crippen LogP contribution in [0.15, 0.2) is 63.5 Å². The lowest BCUT2D eigenvalue weighted by Gasteiger charge is -2.22. The Labute approximate surface area is 230 Å². The lowest BCUT2D eigenvalue weighted by molar-refractivity contribution is -0.138. The number of amides is 1. The molecule has 0 bridgehead atoms. The van der Waals surface area contributed by atoms with Gasteiger partial charge >= 0.3 is 6.18 Å². The number of carbonyl (C=O) groups is 1. The van der Waals surface area contributed by atoms with Crippen molar-refractivity contribution in [2.24, 2.45) is 0 Å². The molecular weight excluding hydrogens is 604 g/mol. The first-order valence-corrected chi connectivity index (χ1v) is 13.8. The van der Waals surface area contributed by atoms with Crippen LogP contribution in [-0.4, -0.2) is 21.4 Å². The molecule has 0 spiro atoms. The number of furan rings is 1. The number of anilines is 1. The van der Waals surface area contributed by atoms with Gasteiger partial charge in [-0.1, -0.05) is 22.0 Å². The molecule has 39 heavy (non-hydrogen) atoms. The van der Waals surface area contributed by atoms with Crippen LogP contribution in [0.5, 0.6) is 0 Å². The van der Waals surface area contributed by atoms with E-state index < -0.39 is 34.4 Å². The highest BCUT2D eigenvalue weighted by atomic mass is 79.9. The van der Waals surface area contributed by atoms with E-state index in [0.717, 1.165) is 23.2 Å². The summed E-state index contributed by atoms with van der Waals surface area (Å²) in [6.07, 6.45) is -3.05. The van der Waals surface area contributed by atoms with Crippen molar-refractivity contribution in [1.29, 1.82) is 0 Å². The maximum absolute atomic E-state index is 13.6. The molecule has 0 aliphatic heterocycles. The third kappa shape index (κ3) is 5.40. The van der Waals surface area contributed by atoms with E-state index in [2.05, 4.69) is 21.2 Å². The van der Waals surface area contributed by atoms with Gasteiger partial charge in [0.25, 0.3) is 5.91 Å². The van der Waals surface area contributed by atoms with Crippen molar-refractivity contribution in [3.63, 3.8) is 0 Å². The van der Waals surface area contributed by atoms with Gasteiger partial charge in [-0.05, 0) is 72.4 Å². The Morgan fingerprint density at radius 3 is 2.38 bits per heavy atom. The molecule has 5 rings (SSSR count). The molecule has 1 aliphatic rings. The predicted molar refractivity (Wildman–Crippen MR) is 143 cm³/mol. The van der Waals surface area contributed by atoms with Crippen molar-refractivity contribution >= 4 is 49.4 Å². The normalized spacial score (nSPS) is 13.7. The fourth-order valence-corrected chi connectivity index (χ4v) is 5.64. The minimum absolute atomic E-state index is 0.0132. The van der Waals surface area contributed by atoms with Gasteiger partial charge in [0.05, 0.1) is 23.4 Å². The average Bonchev–Trinajstić information content (AvgIpc) is 3.67. The standard InChI is InChI=1S/C27H21BrF4N2O4S/c1-33-26(35)24-19-11-18(15-3-4-15)22(12-23(19)38-25(24)16-5-7-17(29)8-6-16)34(39(36)37)13-14-2-9-21(28)20(10-14)27(30,31)32/h2,5-12,15,39H,3-4,13H2,1H3,(H,33,35). The number of nitrogens with zero attached hydrogens (tertiary/aromatic N) is 1. The maximum atomic E-state index is 13.6. The number of hydrogen-bond acceptors (Lipinski definition) is 4. The van der Waals surface area contributed by atoms with Crippen molar-refractivity contribution in [2.45, 2.75) is 31.5 Å². The number of halogens is 5. The highest BCUT2D eigenvalue weighted by Crippen LogP contribution is 2.48. The maximum Gasteiger partial charge on any atom is 0.417 e. The molecule has 3 aromatic carbocycles. The minimum atomic E-state index is -4.63. The zero-order valence-corrected chi connectivity index (χ0v) is 22.8. The molecule has 1 aliphatic carbocycles. The fourth-order valence-electron chi connectivity index (χ4n) is 4.54. The smallest absolute Gasteiger partial charge is 0.417 e. The summed E-state index contributed by atoms with van der Waals surface area (Å²) in [4.78, 5) is 12.9. The van der Waals surface area contributed by atoms with Crippen molar-refractivity contribution in [2.75, 3.05) is 11.4 Å². The van der Waals surface area contributed by atoms with Crippen LogP contribution in [0.1, 0.15) is 45.8 Å². The van der Waals surface area contributed by atoms with E-state index in [9.17, 15) is 30.8 Å². The van der Waals surface area contributed by atoms with E-state index >= 15 is 0 Å². The van der Waals surface area contributed by atoms with Crippen molar-refractivity contribution < 1.29 is 35.2 Å². The average molecular weight is 625 g/mol. The molecule has 0 saturated heterocycles. The van der Waals surface area contributed by atoms with Crippen LogP contribution in [0.25, 0.3) is 22.3 Å². The summed E-state index contributed by atoms with van der Waals surface area (Å²) in [6, 6.07) is 12.2. The highest BCUT2D eigenvalue weighted by Gasteiger charge is 2.34. The van der Waals surface area contributed by atoms with Crippen LogP contribution >= 0.6 is 15.9 Å². The van der Waals surface area contributed by atoms with Gasteiger partial charge in [0.15, 0.2) is 0 Å². The molecule has 0 unspecified atom stereocenters. The summed E-state index contributed by atoms with van der Waals surface area (Å²) in [5.41, 5.74) is 1.01. The molecular formula is C27H21BrF4N2O4S. The molecule has 0 atom stereocenters. The Balaban J connectivity index is 1.67. The molecule has 1 heterocycles. The summed E-state index contributed by atoms with van der Waals surface area (Å²) in [5.74, 6) is -0.710. The lowest BCUT2D eigenvalue weighted by atomic mass is 10.00. The van der Waals surface area contributed by atoms with Crippen molar-refractivity contribution in [3.05, 3.63) is 87.1 Å². The predicted octanol–water partition coefficient (Wildman–Crippen LogP) is 6.79. The Bertz CT molecular complexity index is 1650. The summed E-state index contributed by atoms with van der Waals surface area (Å²) >= 11 is 2.90. The molecule has 6 nitrogen and oxygen atoms in total. The van der Waals surface area contributed by atoms with Gasteiger partial charge in [-0.3, -0.25) is 9.10 Å². The van der Waals surface area contributed by atoms with E-state index in [1.807, 2.05) is 0 Å². The van der Waals surface area contributed by atoms with Crippen molar-refractivity contribution in [1.82, 2.24) is 5.32 Å². The number of carbonyl (C=O) groups excluding carboxylic acids is 1. The first-order valence-electron chi connectivity index (χ1n) is 11.8. The summed E-state index contributed by atoms with van der Waals surface area (Å²) in [6.45, 7) is -0.339. The van der Waals surface area contributed by atoms with E-state index in [1.165, 1.54) is 49.5 Å². The molecule has 4 aromatic rings. The monoisotopic (exact) mass is 624 g/mol. The van der Waals surface area contributed by atoms with Crippen LogP contribution in [0, 0.1) is 5.82 Å². The van der Waals surface area contributed by atoms with E-state index in [-0.39, 0.29) is 45.1 Å². The Hall–Kier alpha value is -3.38. The molecule has 204 valence electrons. The second-order valence-corrected chi connectivity index (χ2v) is 11.0. The second kappa shape index (κ2) is 10.3. The molecule has 1 amide bonds. The zero-order valence-electron chi connectivity index (χ0n) is 20.3. The molecule has 1 fully saturated rings. The van der Waals surface area contributed by atoms with Gasteiger partial charge in [-0.15, -0.1) is 0 Å². The number of benzene rings is 3. The number of fused-ring (bicyclic) bond motifs is 1. The van der Waals surface area contributed by atoms with E-state index in [0.29, 0.717) is 16.5 Å². The lowest BCUT2D eigenvalue weighted by Crippen LogP contribution is -2.22. The van der Waals surface area contributed by atoms with Gasteiger partial charge in [-0.25, -0.2) is 12.8 Å². The Morgan fingerprint density at radius 2 is 1.79 bits per heavy atom. The summed E-state index contributed by atoms with van der Waals surface area (Å²) in [7, 11) is -1.80. The highest BCUT2D eigenvalue weighted by molar-refractivity contribution is 9.10. The number of rotatable bonds is 7. The largest absolute Gasteiger partial charge is 0.455 e. The topological polar surface area (TPSA) is 79.6 Å². The first-order chi connectivity index (χ1) is 18.5. The van der Waals surface area contributed by atoms with Crippen LogP contribution in [-0.2, 0) is 23.6 Å². The first kappa shape index (κ1) is 27.2. The van der Waals surface area contributed by atoms with Gasteiger partial charge in [0.1, 0.15) is 17.2 Å². The van der Waals surface area contributed by atoms with Gasteiger partial charge in [0.2, 0.25) is 10.9 Å². The molecule has 1 N–H and O–H groups in total. The zero-order chi connectivity index (χ0) is 28.1. The Kier molecular flexibility index (Phi) is 7.19. The van der Waals surface area contributed by atoms with Crippen LogP contribution in [0.2, 0.25) is 0 Å². The number of alkyl halides is 3. The van der Waals surface area contributed by atoms with Crippen LogP contribution in [0.4, 0.5) is 23.2 Å². The second-order valence-electron chi connectivity index (χ2n) is 9.18. The van der Waals surface area contributed by atoms with Gasteiger partial charge < -0.3 is 9.73 Å². The third-order valence-corrected chi connectivity index (χ3v) is 8.00.